The van der Waals surface area contributed by atoms with Gasteiger partial charge in [0.05, 0.1) is 6.33 Å². The average molecular weight is 278 g/mol. The van der Waals surface area contributed by atoms with E-state index in [1.165, 1.54) is 23.2 Å². The van der Waals surface area contributed by atoms with Crippen molar-refractivity contribution < 1.29 is 4.79 Å². The van der Waals surface area contributed by atoms with Crippen molar-refractivity contribution in [3.63, 3.8) is 0 Å². The molecule has 0 saturated carbocycles. The van der Waals surface area contributed by atoms with Crippen LogP contribution in [0.5, 0.6) is 0 Å². The maximum absolute atomic E-state index is 11.9. The molecule has 2 aromatic rings. The molecule has 1 aromatic heterocycles. The summed E-state index contributed by atoms with van der Waals surface area (Å²) in [6.45, 7) is 1.73. The summed E-state index contributed by atoms with van der Waals surface area (Å²) in [4.78, 5) is 27.1. The fourth-order valence-corrected chi connectivity index (χ4v) is 1.76. The highest BCUT2D eigenvalue weighted by molar-refractivity contribution is 6.31. The number of nitrogens with zero attached hydrogens (tertiary/aromatic N) is 2. The fraction of sp³-hybridized carbons (Fsp3) is 0.154. The van der Waals surface area contributed by atoms with E-state index in [2.05, 4.69) is 10.3 Å². The Balaban J connectivity index is 2.12. The molecule has 0 aliphatic heterocycles. The number of carbonyl (C=O) groups excluding carboxylic acids is 1. The smallest absolute Gasteiger partial charge is 0.253 e. The Morgan fingerprint density at radius 3 is 2.95 bits per heavy atom. The van der Waals surface area contributed by atoms with Gasteiger partial charge in [0.1, 0.15) is 6.54 Å². The SMILES string of the molecule is Cc1c(Cl)cccc1NC(=O)Cn1cnccc1=O. The Hall–Kier alpha value is -2.14. The lowest BCUT2D eigenvalue weighted by Gasteiger charge is -2.10. The summed E-state index contributed by atoms with van der Waals surface area (Å²) in [6, 6.07) is 6.56. The van der Waals surface area contributed by atoms with Gasteiger partial charge in [0.25, 0.3) is 5.56 Å². The van der Waals surface area contributed by atoms with Crippen LogP contribution >= 0.6 is 11.6 Å². The van der Waals surface area contributed by atoms with Crippen LogP contribution in [0.25, 0.3) is 0 Å². The number of nitrogens with one attached hydrogen (secondary N) is 1. The van der Waals surface area contributed by atoms with Crippen molar-refractivity contribution in [1.29, 1.82) is 0 Å². The predicted octanol–water partition coefficient (Wildman–Crippen LogP) is 1.84. The molecule has 0 radical (unpaired) electrons. The first-order valence-corrected chi connectivity index (χ1v) is 6.01. The molecule has 0 aliphatic carbocycles. The highest BCUT2D eigenvalue weighted by Gasteiger charge is 2.08. The third-order valence-corrected chi connectivity index (χ3v) is 3.06. The zero-order chi connectivity index (χ0) is 13.8. The molecule has 1 heterocycles. The van der Waals surface area contributed by atoms with E-state index in [-0.39, 0.29) is 18.0 Å². The lowest BCUT2D eigenvalue weighted by molar-refractivity contribution is -0.116. The Labute approximate surface area is 114 Å². The van der Waals surface area contributed by atoms with Gasteiger partial charge in [-0.05, 0) is 24.6 Å². The zero-order valence-electron chi connectivity index (χ0n) is 10.3. The number of amides is 1. The van der Waals surface area contributed by atoms with E-state index in [1.54, 1.807) is 18.2 Å². The van der Waals surface area contributed by atoms with Gasteiger partial charge in [0.15, 0.2) is 0 Å². The van der Waals surface area contributed by atoms with Gasteiger partial charge in [0, 0.05) is 23.0 Å². The summed E-state index contributed by atoms with van der Waals surface area (Å²) < 4.78 is 1.23. The molecule has 98 valence electrons. The number of rotatable bonds is 3. The third-order valence-electron chi connectivity index (χ3n) is 2.65. The highest BCUT2D eigenvalue weighted by Crippen LogP contribution is 2.22. The fourth-order valence-electron chi connectivity index (χ4n) is 1.58. The number of hydrogen-bond donors (Lipinski definition) is 1. The quantitative estimate of drug-likeness (QED) is 0.931. The van der Waals surface area contributed by atoms with Gasteiger partial charge in [0.2, 0.25) is 5.91 Å². The van der Waals surface area contributed by atoms with E-state index in [4.69, 9.17) is 11.6 Å². The third kappa shape index (κ3) is 3.20. The maximum Gasteiger partial charge on any atom is 0.253 e. The Morgan fingerprint density at radius 1 is 1.42 bits per heavy atom. The van der Waals surface area contributed by atoms with Crippen molar-refractivity contribution in [3.8, 4) is 0 Å². The van der Waals surface area contributed by atoms with Crippen LogP contribution in [0.4, 0.5) is 5.69 Å². The Morgan fingerprint density at radius 2 is 2.21 bits per heavy atom. The number of halogens is 1. The van der Waals surface area contributed by atoms with Gasteiger partial charge in [-0.2, -0.15) is 0 Å². The molecule has 0 saturated heterocycles. The number of aromatic nitrogens is 2. The summed E-state index contributed by atoms with van der Waals surface area (Å²) in [5.74, 6) is -0.305. The van der Waals surface area contributed by atoms with Gasteiger partial charge in [-0.25, -0.2) is 4.98 Å². The molecule has 0 bridgehead atoms. The van der Waals surface area contributed by atoms with Crippen molar-refractivity contribution in [3.05, 3.63) is 57.7 Å². The van der Waals surface area contributed by atoms with Crippen molar-refractivity contribution in [1.82, 2.24) is 9.55 Å². The Kier molecular flexibility index (Phi) is 3.97. The lowest BCUT2D eigenvalue weighted by atomic mass is 10.2. The maximum atomic E-state index is 11.9. The van der Waals surface area contributed by atoms with E-state index in [0.29, 0.717) is 10.7 Å². The normalized spacial score (nSPS) is 10.2. The molecule has 1 aromatic carbocycles. The molecule has 0 unspecified atom stereocenters. The molecule has 5 nitrogen and oxygen atoms in total. The zero-order valence-corrected chi connectivity index (χ0v) is 11.0. The summed E-state index contributed by atoms with van der Waals surface area (Å²) >= 11 is 5.97. The van der Waals surface area contributed by atoms with Crippen molar-refractivity contribution >= 4 is 23.2 Å². The van der Waals surface area contributed by atoms with Gasteiger partial charge < -0.3 is 5.32 Å². The molecule has 1 amide bonds. The van der Waals surface area contributed by atoms with E-state index in [1.807, 2.05) is 6.92 Å². The lowest BCUT2D eigenvalue weighted by Crippen LogP contribution is -2.27. The second-order valence-corrected chi connectivity index (χ2v) is 4.41. The molecule has 2 rings (SSSR count). The molecular formula is C13H12ClN3O2. The number of anilines is 1. The van der Waals surface area contributed by atoms with Crippen molar-refractivity contribution in [2.45, 2.75) is 13.5 Å². The summed E-state index contributed by atoms with van der Waals surface area (Å²) in [7, 11) is 0. The number of hydrogen-bond acceptors (Lipinski definition) is 3. The molecule has 6 heteroatoms. The first kappa shape index (κ1) is 13.3. The van der Waals surface area contributed by atoms with E-state index < -0.39 is 0 Å². The van der Waals surface area contributed by atoms with E-state index in [9.17, 15) is 9.59 Å². The largest absolute Gasteiger partial charge is 0.324 e. The van der Waals surface area contributed by atoms with E-state index >= 15 is 0 Å². The molecule has 0 fully saturated rings. The molecular weight excluding hydrogens is 266 g/mol. The van der Waals surface area contributed by atoms with Crippen LogP contribution in [0.1, 0.15) is 5.56 Å². The second kappa shape index (κ2) is 5.67. The highest BCUT2D eigenvalue weighted by atomic mass is 35.5. The molecule has 0 atom stereocenters. The average Bonchev–Trinajstić information content (AvgIpc) is 2.38. The van der Waals surface area contributed by atoms with Crippen LogP contribution < -0.4 is 10.9 Å². The summed E-state index contributed by atoms with van der Waals surface area (Å²) in [5.41, 5.74) is 1.15. The monoisotopic (exact) mass is 277 g/mol. The minimum atomic E-state index is -0.305. The van der Waals surface area contributed by atoms with Crippen LogP contribution in [0, 0.1) is 6.92 Å². The Bertz CT molecular complexity index is 667. The first-order chi connectivity index (χ1) is 9.08. The number of benzene rings is 1. The van der Waals surface area contributed by atoms with Crippen LogP contribution in [0.2, 0.25) is 5.02 Å². The van der Waals surface area contributed by atoms with Crippen LogP contribution in [0.15, 0.2) is 41.6 Å². The molecule has 0 spiro atoms. The molecule has 1 N–H and O–H groups in total. The first-order valence-electron chi connectivity index (χ1n) is 5.63. The predicted molar refractivity (Wildman–Crippen MR) is 73.3 cm³/mol. The van der Waals surface area contributed by atoms with E-state index in [0.717, 1.165) is 5.56 Å². The van der Waals surface area contributed by atoms with Gasteiger partial charge in [-0.15, -0.1) is 0 Å². The van der Waals surface area contributed by atoms with Gasteiger partial charge in [-0.3, -0.25) is 14.2 Å². The van der Waals surface area contributed by atoms with Crippen LogP contribution in [0.3, 0.4) is 0 Å². The van der Waals surface area contributed by atoms with Gasteiger partial charge in [-0.1, -0.05) is 17.7 Å². The molecule has 19 heavy (non-hydrogen) atoms. The molecule has 0 aliphatic rings. The van der Waals surface area contributed by atoms with Crippen LogP contribution in [-0.4, -0.2) is 15.5 Å². The second-order valence-electron chi connectivity index (χ2n) is 4.01. The number of carbonyl (C=O) groups is 1. The standard InChI is InChI=1S/C13H12ClN3O2/c1-9-10(14)3-2-4-11(9)16-12(18)7-17-8-15-6-5-13(17)19/h2-6,8H,7H2,1H3,(H,16,18). The van der Waals surface area contributed by atoms with Crippen LogP contribution in [-0.2, 0) is 11.3 Å². The minimum Gasteiger partial charge on any atom is -0.324 e. The minimum absolute atomic E-state index is 0.0847. The summed E-state index contributed by atoms with van der Waals surface area (Å²) in [5, 5.41) is 3.30. The van der Waals surface area contributed by atoms with Crippen molar-refractivity contribution in [2.24, 2.45) is 0 Å². The van der Waals surface area contributed by atoms with Gasteiger partial charge >= 0.3 is 0 Å². The van der Waals surface area contributed by atoms with Crippen molar-refractivity contribution in [2.75, 3.05) is 5.32 Å². The summed E-state index contributed by atoms with van der Waals surface area (Å²) in [6.07, 6.45) is 2.71. The topological polar surface area (TPSA) is 64.0 Å².